The van der Waals surface area contributed by atoms with Gasteiger partial charge in [-0.3, -0.25) is 0 Å². The Morgan fingerprint density at radius 3 is 1.84 bits per heavy atom. The zero-order chi connectivity index (χ0) is 14.3. The van der Waals surface area contributed by atoms with Gasteiger partial charge in [0.15, 0.2) is 0 Å². The fourth-order valence-electron chi connectivity index (χ4n) is 4.36. The van der Waals surface area contributed by atoms with Crippen molar-refractivity contribution >= 4 is 0 Å². The first-order valence-electron chi connectivity index (χ1n) is 8.29. The Bertz CT molecular complexity index is 289. The lowest BCUT2D eigenvalue weighted by Crippen LogP contribution is -2.59. The van der Waals surface area contributed by atoms with Crippen LogP contribution in [0.3, 0.4) is 0 Å². The summed E-state index contributed by atoms with van der Waals surface area (Å²) in [6, 6.07) is 0. The summed E-state index contributed by atoms with van der Waals surface area (Å²) in [6.07, 6.45) is 7.39. The summed E-state index contributed by atoms with van der Waals surface area (Å²) < 4.78 is 0. The van der Waals surface area contributed by atoms with Crippen LogP contribution in [-0.2, 0) is 0 Å². The molecule has 0 bridgehead atoms. The van der Waals surface area contributed by atoms with Crippen LogP contribution >= 0.6 is 0 Å². The van der Waals surface area contributed by atoms with Crippen molar-refractivity contribution in [2.75, 3.05) is 19.6 Å². The van der Waals surface area contributed by atoms with Gasteiger partial charge in [-0.05, 0) is 54.3 Å². The van der Waals surface area contributed by atoms with Gasteiger partial charge < -0.3 is 4.90 Å². The largest absolute Gasteiger partial charge is 0.302 e. The highest BCUT2D eigenvalue weighted by atomic mass is 15.2. The average Bonchev–Trinajstić information content (AvgIpc) is 2.14. The fraction of sp³-hybridized carbons (Fsp3) is 1.00. The maximum absolute atomic E-state index is 2.68. The van der Waals surface area contributed by atoms with Gasteiger partial charge in [-0.1, -0.05) is 41.5 Å². The van der Waals surface area contributed by atoms with E-state index < -0.39 is 0 Å². The number of hydrogen-bond donors (Lipinski definition) is 0. The maximum Gasteiger partial charge on any atom is 0.00507 e. The minimum absolute atomic E-state index is 0.463. The van der Waals surface area contributed by atoms with E-state index in [9.17, 15) is 0 Å². The third-order valence-electron chi connectivity index (χ3n) is 4.88. The summed E-state index contributed by atoms with van der Waals surface area (Å²) >= 11 is 0. The van der Waals surface area contributed by atoms with Crippen molar-refractivity contribution in [3.8, 4) is 0 Å². The molecule has 0 N–H and O–H groups in total. The van der Waals surface area contributed by atoms with Crippen LogP contribution in [0.1, 0.15) is 73.6 Å². The van der Waals surface area contributed by atoms with Gasteiger partial charge in [0.2, 0.25) is 0 Å². The molecule has 0 aromatic carbocycles. The van der Waals surface area contributed by atoms with Gasteiger partial charge in [0.1, 0.15) is 0 Å². The van der Waals surface area contributed by atoms with Crippen molar-refractivity contribution in [2.45, 2.75) is 73.6 Å². The lowest BCUT2D eigenvalue weighted by atomic mass is 9.63. The highest BCUT2D eigenvalue weighted by Gasteiger charge is 2.45. The third-order valence-corrected chi connectivity index (χ3v) is 4.88. The standard InChI is InChI=1S/C18H35N/c1-16(2,3)11-15-7-9-18(10-8-15)13-19(14-18)12-17(4,5)6/h15H,7-14H2,1-6H3. The van der Waals surface area contributed by atoms with E-state index >= 15 is 0 Å². The smallest absolute Gasteiger partial charge is 0.00507 e. The van der Waals surface area contributed by atoms with Crippen molar-refractivity contribution in [3.05, 3.63) is 0 Å². The molecule has 1 nitrogen and oxygen atoms in total. The van der Waals surface area contributed by atoms with Crippen LogP contribution < -0.4 is 0 Å². The molecule has 1 heterocycles. The molecule has 2 aliphatic rings. The van der Waals surface area contributed by atoms with Crippen LogP contribution in [0, 0.1) is 22.2 Å². The topological polar surface area (TPSA) is 3.24 Å². The van der Waals surface area contributed by atoms with E-state index in [4.69, 9.17) is 0 Å². The molecule has 19 heavy (non-hydrogen) atoms. The van der Waals surface area contributed by atoms with Crippen molar-refractivity contribution in [2.24, 2.45) is 22.2 Å². The van der Waals surface area contributed by atoms with Gasteiger partial charge >= 0.3 is 0 Å². The Kier molecular flexibility index (Phi) is 4.09. The Hall–Kier alpha value is -0.0400. The molecule has 0 atom stereocenters. The highest BCUT2D eigenvalue weighted by Crippen LogP contribution is 2.48. The summed E-state index contributed by atoms with van der Waals surface area (Å²) in [6.45, 7) is 18.3. The van der Waals surface area contributed by atoms with Crippen molar-refractivity contribution in [3.63, 3.8) is 0 Å². The Labute approximate surface area is 121 Å². The van der Waals surface area contributed by atoms with E-state index in [-0.39, 0.29) is 0 Å². The quantitative estimate of drug-likeness (QED) is 0.682. The normalized spacial score (nSPS) is 25.6. The third kappa shape index (κ3) is 4.48. The number of rotatable bonds is 2. The van der Waals surface area contributed by atoms with Crippen molar-refractivity contribution in [1.82, 2.24) is 4.90 Å². The number of nitrogens with zero attached hydrogens (tertiary/aromatic N) is 1. The van der Waals surface area contributed by atoms with Gasteiger partial charge in [0.05, 0.1) is 0 Å². The van der Waals surface area contributed by atoms with Gasteiger partial charge in [-0.2, -0.15) is 0 Å². The lowest BCUT2D eigenvalue weighted by molar-refractivity contribution is -0.0552. The van der Waals surface area contributed by atoms with Gasteiger partial charge in [-0.25, -0.2) is 0 Å². The number of likely N-dealkylation sites (tertiary alicyclic amines) is 1. The predicted molar refractivity (Wildman–Crippen MR) is 84.4 cm³/mol. The first-order chi connectivity index (χ1) is 8.57. The predicted octanol–water partition coefficient (Wildman–Crippen LogP) is 4.96. The zero-order valence-electron chi connectivity index (χ0n) is 14.2. The Morgan fingerprint density at radius 2 is 1.42 bits per heavy atom. The summed E-state index contributed by atoms with van der Waals surface area (Å²) in [7, 11) is 0. The van der Waals surface area contributed by atoms with Crippen LogP contribution in [0.2, 0.25) is 0 Å². The maximum atomic E-state index is 2.68. The minimum Gasteiger partial charge on any atom is -0.302 e. The van der Waals surface area contributed by atoms with Gasteiger partial charge in [0, 0.05) is 19.6 Å². The molecule has 0 amide bonds. The molecule has 112 valence electrons. The summed E-state index contributed by atoms with van der Waals surface area (Å²) in [4.78, 5) is 2.68. The van der Waals surface area contributed by atoms with E-state index in [0.717, 1.165) is 11.3 Å². The molecule has 0 aromatic rings. The molecule has 0 unspecified atom stereocenters. The summed E-state index contributed by atoms with van der Waals surface area (Å²) in [5.41, 5.74) is 1.71. The van der Waals surface area contributed by atoms with E-state index in [1.165, 1.54) is 51.7 Å². The van der Waals surface area contributed by atoms with Crippen molar-refractivity contribution < 1.29 is 0 Å². The zero-order valence-corrected chi connectivity index (χ0v) is 14.2. The molecule has 1 spiro atoms. The Morgan fingerprint density at radius 1 is 0.895 bits per heavy atom. The minimum atomic E-state index is 0.463. The highest BCUT2D eigenvalue weighted by molar-refractivity contribution is 4.98. The van der Waals surface area contributed by atoms with E-state index in [1.807, 2.05) is 0 Å². The van der Waals surface area contributed by atoms with Gasteiger partial charge in [0.25, 0.3) is 0 Å². The Balaban J connectivity index is 1.73. The second-order valence-electron chi connectivity index (χ2n) is 9.91. The SMILES string of the molecule is CC(C)(C)CC1CCC2(CC1)CN(CC(C)(C)C)C2. The molecule has 1 heteroatoms. The molecule has 0 radical (unpaired) electrons. The van der Waals surface area contributed by atoms with E-state index in [2.05, 4.69) is 46.4 Å². The monoisotopic (exact) mass is 265 g/mol. The molecule has 2 rings (SSSR count). The number of hydrogen-bond acceptors (Lipinski definition) is 1. The first kappa shape index (κ1) is 15.4. The first-order valence-corrected chi connectivity index (χ1v) is 8.29. The molecule has 1 aliphatic carbocycles. The molecule has 1 aliphatic heterocycles. The molecule has 1 saturated heterocycles. The fourth-order valence-corrected chi connectivity index (χ4v) is 4.36. The molecular formula is C18H35N. The molecule has 1 saturated carbocycles. The second kappa shape index (κ2) is 5.06. The summed E-state index contributed by atoms with van der Waals surface area (Å²) in [5.74, 6) is 1.00. The lowest BCUT2D eigenvalue weighted by Gasteiger charge is -2.55. The van der Waals surface area contributed by atoms with Crippen LogP contribution in [0.15, 0.2) is 0 Å². The van der Waals surface area contributed by atoms with E-state index in [1.54, 1.807) is 0 Å². The molecule has 0 aromatic heterocycles. The second-order valence-corrected chi connectivity index (χ2v) is 9.91. The molecule has 2 fully saturated rings. The molecular weight excluding hydrogens is 230 g/mol. The average molecular weight is 265 g/mol. The summed E-state index contributed by atoms with van der Waals surface area (Å²) in [5, 5.41) is 0. The van der Waals surface area contributed by atoms with Crippen LogP contribution in [0.5, 0.6) is 0 Å². The van der Waals surface area contributed by atoms with Crippen molar-refractivity contribution in [1.29, 1.82) is 0 Å². The van der Waals surface area contributed by atoms with Gasteiger partial charge in [-0.15, -0.1) is 0 Å². The van der Waals surface area contributed by atoms with Crippen LogP contribution in [-0.4, -0.2) is 24.5 Å². The van der Waals surface area contributed by atoms with Crippen LogP contribution in [0.25, 0.3) is 0 Å². The van der Waals surface area contributed by atoms with E-state index in [0.29, 0.717) is 10.8 Å². The van der Waals surface area contributed by atoms with Crippen LogP contribution in [0.4, 0.5) is 0 Å².